The third-order valence-electron chi connectivity index (χ3n) is 6.61. The predicted molar refractivity (Wildman–Crippen MR) is 146 cm³/mol. The Balaban J connectivity index is 1.61. The number of hydrogen-bond donors (Lipinski definition) is 2. The van der Waals surface area contributed by atoms with Crippen LogP contribution in [0.4, 0.5) is 11.4 Å². The van der Waals surface area contributed by atoms with Crippen LogP contribution in [-0.2, 0) is 21.3 Å². The summed E-state index contributed by atoms with van der Waals surface area (Å²) in [6.07, 6.45) is 0. The first kappa shape index (κ1) is 27.0. The van der Waals surface area contributed by atoms with Crippen molar-refractivity contribution in [3.8, 4) is 0 Å². The lowest BCUT2D eigenvalue weighted by molar-refractivity contribution is 0.0959. The molecule has 0 amide bonds. The molecule has 38 heavy (non-hydrogen) atoms. The van der Waals surface area contributed by atoms with Crippen molar-refractivity contribution in [1.82, 2.24) is 4.57 Å². The molecule has 200 valence electrons. The van der Waals surface area contributed by atoms with Crippen LogP contribution in [0.25, 0.3) is 0 Å². The minimum atomic E-state index is -4.16. The largest absolute Gasteiger partial charge is 0.378 e. The Morgan fingerprint density at radius 1 is 1.03 bits per heavy atom. The number of ketones is 2. The number of aromatic nitrogens is 1. The van der Waals surface area contributed by atoms with Crippen LogP contribution in [-0.4, -0.2) is 54.6 Å². The summed E-state index contributed by atoms with van der Waals surface area (Å²) in [6, 6.07) is 13.9. The van der Waals surface area contributed by atoms with Gasteiger partial charge in [-0.25, -0.2) is 13.6 Å². The summed E-state index contributed by atoms with van der Waals surface area (Å²) in [6.45, 7) is 2.12. The number of nitrogens with two attached hydrogens (primary N) is 1. The monoisotopic (exact) mass is 596 g/mol. The molecule has 0 radical (unpaired) electrons. The number of rotatable bonds is 5. The third kappa shape index (κ3) is 5.16. The van der Waals surface area contributed by atoms with Gasteiger partial charge in [0.25, 0.3) is 3.79 Å². The number of ether oxygens (including phenoxy) is 1. The molecule has 0 spiro atoms. The van der Waals surface area contributed by atoms with Gasteiger partial charge in [0.05, 0.1) is 31.1 Å². The lowest BCUT2D eigenvalue weighted by Crippen LogP contribution is -2.37. The Morgan fingerprint density at radius 2 is 1.74 bits per heavy atom. The highest BCUT2D eigenvalue weighted by molar-refractivity contribution is 7.89. The van der Waals surface area contributed by atoms with E-state index in [0.717, 1.165) is 5.56 Å². The molecule has 2 aromatic carbocycles. The molecule has 1 saturated heterocycles. The van der Waals surface area contributed by atoms with E-state index in [1.54, 1.807) is 22.8 Å². The minimum Gasteiger partial charge on any atom is -0.378 e. The second-order valence-electron chi connectivity index (χ2n) is 8.98. The van der Waals surface area contributed by atoms with Crippen molar-refractivity contribution in [2.75, 3.05) is 36.5 Å². The van der Waals surface area contributed by atoms with Gasteiger partial charge in [-0.2, -0.15) is 0 Å². The van der Waals surface area contributed by atoms with Gasteiger partial charge in [-0.1, -0.05) is 53.0 Å². The van der Waals surface area contributed by atoms with Crippen molar-refractivity contribution in [2.24, 2.45) is 5.14 Å². The minimum absolute atomic E-state index is 0.129. The van der Waals surface area contributed by atoms with Gasteiger partial charge in [0.15, 0.2) is 5.78 Å². The van der Waals surface area contributed by atoms with Gasteiger partial charge in [0, 0.05) is 30.0 Å². The lowest BCUT2D eigenvalue weighted by atomic mass is 10.0. The molecule has 9 nitrogen and oxygen atoms in total. The number of benzene rings is 2. The van der Waals surface area contributed by atoms with Crippen LogP contribution in [0.15, 0.2) is 59.5 Å². The molecule has 2 aliphatic rings. The maximum Gasteiger partial charge on any atom is 0.255 e. The lowest BCUT2D eigenvalue weighted by Gasteiger charge is -2.30. The van der Waals surface area contributed by atoms with E-state index >= 15 is 0 Å². The molecule has 0 saturated carbocycles. The van der Waals surface area contributed by atoms with Crippen LogP contribution in [0, 0.1) is 0 Å². The molecule has 5 rings (SSSR count). The highest BCUT2D eigenvalue weighted by Gasteiger charge is 2.37. The number of primary sulfonamides is 1. The van der Waals surface area contributed by atoms with Crippen LogP contribution in [0.1, 0.15) is 38.1 Å². The first-order valence-electron chi connectivity index (χ1n) is 11.6. The Bertz CT molecular complexity index is 1530. The molecule has 3 N–H and O–H groups in total. The van der Waals surface area contributed by atoms with Crippen molar-refractivity contribution in [3.63, 3.8) is 0 Å². The summed E-state index contributed by atoms with van der Waals surface area (Å²) >= 11 is 17.7. The van der Waals surface area contributed by atoms with Crippen molar-refractivity contribution in [1.29, 1.82) is 0 Å². The number of carbonyl (C=O) groups is 2. The second-order valence-corrected chi connectivity index (χ2v) is 12.8. The van der Waals surface area contributed by atoms with E-state index in [9.17, 15) is 18.0 Å². The van der Waals surface area contributed by atoms with E-state index < -0.39 is 31.4 Å². The third-order valence-corrected chi connectivity index (χ3v) is 8.07. The van der Waals surface area contributed by atoms with Gasteiger partial charge in [-0.05, 0) is 42.0 Å². The number of para-hydroxylation sites is 1. The SMILES string of the molecule is NS(=O)(=O)c1cc(C(=O)C2Nc3ccccc3Cn3c(C(=O)C(Cl)(Cl)Cl)ccc32)ccc1N1CCOCC1. The van der Waals surface area contributed by atoms with Crippen LogP contribution in [0.3, 0.4) is 0 Å². The second kappa shape index (κ2) is 10.2. The Kier molecular flexibility index (Phi) is 7.23. The number of nitrogens with zero attached hydrogens (tertiary/aromatic N) is 2. The molecule has 1 fully saturated rings. The Morgan fingerprint density at radius 3 is 2.42 bits per heavy atom. The zero-order valence-electron chi connectivity index (χ0n) is 19.9. The number of alkyl halides is 3. The maximum atomic E-state index is 14.0. The van der Waals surface area contributed by atoms with Gasteiger partial charge in [-0.15, -0.1) is 0 Å². The number of anilines is 2. The molecule has 1 aromatic heterocycles. The molecule has 3 heterocycles. The first-order chi connectivity index (χ1) is 17.9. The molecule has 1 atom stereocenters. The van der Waals surface area contributed by atoms with Crippen molar-refractivity contribution >= 4 is 67.8 Å². The van der Waals surface area contributed by atoms with Crippen molar-refractivity contribution < 1.29 is 22.7 Å². The zero-order valence-corrected chi connectivity index (χ0v) is 22.9. The standard InChI is InChI=1S/C25H23Cl3N4O5S/c26-25(27,28)24(34)20-8-7-19-22(30-17-4-2-1-3-16(17)14-32(19)20)23(33)15-5-6-18(21(13-15)38(29,35)36)31-9-11-37-12-10-31/h1-8,13,22,30H,9-12,14H2,(H2,29,35,36). The summed E-state index contributed by atoms with van der Waals surface area (Å²) in [5.41, 5.74) is 2.61. The summed E-state index contributed by atoms with van der Waals surface area (Å²) in [7, 11) is -4.16. The molecular formula is C25H23Cl3N4O5S. The average Bonchev–Trinajstić information content (AvgIpc) is 3.21. The highest BCUT2D eigenvalue weighted by atomic mass is 35.6. The first-order valence-corrected chi connectivity index (χ1v) is 14.3. The van der Waals surface area contributed by atoms with E-state index in [2.05, 4.69) is 5.32 Å². The van der Waals surface area contributed by atoms with E-state index in [1.807, 2.05) is 29.2 Å². The fourth-order valence-electron chi connectivity index (χ4n) is 4.78. The molecule has 0 bridgehead atoms. The number of sulfonamides is 1. The highest BCUT2D eigenvalue weighted by Crippen LogP contribution is 2.37. The summed E-state index contributed by atoms with van der Waals surface area (Å²) in [5, 5.41) is 8.82. The van der Waals surface area contributed by atoms with E-state index in [1.165, 1.54) is 12.1 Å². The van der Waals surface area contributed by atoms with Gasteiger partial charge >= 0.3 is 0 Å². The van der Waals surface area contributed by atoms with Gasteiger partial charge in [0.2, 0.25) is 15.8 Å². The number of carbonyl (C=O) groups excluding carboxylic acids is 2. The number of hydrogen-bond acceptors (Lipinski definition) is 7. The Hall–Kier alpha value is -2.60. The van der Waals surface area contributed by atoms with E-state index in [-0.39, 0.29) is 22.7 Å². The summed E-state index contributed by atoms with van der Waals surface area (Å²) in [4.78, 5) is 28.6. The fraction of sp³-hybridized carbons (Fsp3) is 0.280. The van der Waals surface area contributed by atoms with Crippen molar-refractivity contribution in [3.05, 3.63) is 77.1 Å². The number of fused-ring (bicyclic) bond motifs is 2. The Labute approximate surface area is 234 Å². The van der Waals surface area contributed by atoms with Gasteiger partial charge in [-0.3, -0.25) is 9.59 Å². The zero-order chi connectivity index (χ0) is 27.2. The normalized spacial score (nSPS) is 17.7. The van der Waals surface area contributed by atoms with E-state index in [4.69, 9.17) is 44.7 Å². The molecule has 1 unspecified atom stereocenters. The van der Waals surface area contributed by atoms with Gasteiger partial charge in [0.1, 0.15) is 10.9 Å². The van der Waals surface area contributed by atoms with Gasteiger partial charge < -0.3 is 19.5 Å². The molecule has 0 aliphatic carbocycles. The van der Waals surface area contributed by atoms with Crippen LogP contribution in [0.5, 0.6) is 0 Å². The maximum absolute atomic E-state index is 14.0. The average molecular weight is 598 g/mol. The quantitative estimate of drug-likeness (QED) is 0.337. The van der Waals surface area contributed by atoms with Crippen LogP contribution < -0.4 is 15.4 Å². The number of halogens is 3. The number of Topliss-reactive ketones (excluding diaryl/α,β-unsaturated/α-hetero) is 2. The molecule has 2 aliphatic heterocycles. The van der Waals surface area contributed by atoms with Crippen LogP contribution in [0.2, 0.25) is 0 Å². The van der Waals surface area contributed by atoms with Crippen LogP contribution >= 0.6 is 34.8 Å². The number of morpholine rings is 1. The topological polar surface area (TPSA) is 124 Å². The summed E-state index contributed by atoms with van der Waals surface area (Å²) in [5.74, 6) is -1.15. The smallest absolute Gasteiger partial charge is 0.255 e. The molecule has 13 heteroatoms. The number of nitrogens with one attached hydrogen (secondary N) is 1. The van der Waals surface area contributed by atoms with Crippen molar-refractivity contribution in [2.45, 2.75) is 21.3 Å². The molecule has 3 aromatic rings. The fourth-order valence-corrected chi connectivity index (χ4v) is 5.85. The molecular weight excluding hydrogens is 575 g/mol. The summed E-state index contributed by atoms with van der Waals surface area (Å²) < 4.78 is 29.9. The predicted octanol–water partition coefficient (Wildman–Crippen LogP) is 3.92. The van der Waals surface area contributed by atoms with E-state index in [0.29, 0.717) is 43.4 Å².